The van der Waals surface area contributed by atoms with Gasteiger partial charge in [-0.2, -0.15) is 5.26 Å². The summed E-state index contributed by atoms with van der Waals surface area (Å²) < 4.78 is 24.2. The van der Waals surface area contributed by atoms with Gasteiger partial charge in [0.15, 0.2) is 5.69 Å². The normalized spacial score (nSPS) is 11.5. The predicted molar refractivity (Wildman–Crippen MR) is 53.2 cm³/mol. The van der Waals surface area contributed by atoms with Crippen molar-refractivity contribution >= 4 is 16.0 Å². The molecule has 1 heterocycles. The number of hydrogen-bond acceptors (Lipinski definition) is 6. The van der Waals surface area contributed by atoms with Crippen LogP contribution >= 0.6 is 0 Å². The van der Waals surface area contributed by atoms with Crippen LogP contribution in [0.5, 0.6) is 0 Å². The highest BCUT2D eigenvalue weighted by atomic mass is 32.2. The van der Waals surface area contributed by atoms with Crippen LogP contribution in [-0.4, -0.2) is 43.0 Å². The SMILES string of the molecule is CN(C)S(=O)(=O)c1ccc(C(=O)OO)nc1. The Hall–Kier alpha value is -1.51. The first-order chi connectivity index (χ1) is 7.39. The number of carbonyl (C=O) groups is 1. The van der Waals surface area contributed by atoms with E-state index in [2.05, 4.69) is 9.87 Å². The fraction of sp³-hybridized carbons (Fsp3) is 0.250. The van der Waals surface area contributed by atoms with Crippen molar-refractivity contribution in [3.8, 4) is 0 Å². The number of nitrogens with zero attached hydrogens (tertiary/aromatic N) is 2. The molecule has 0 atom stereocenters. The molecule has 0 aliphatic rings. The molecular weight excluding hydrogens is 236 g/mol. The van der Waals surface area contributed by atoms with Crippen molar-refractivity contribution < 1.29 is 23.4 Å². The van der Waals surface area contributed by atoms with Crippen molar-refractivity contribution in [1.29, 1.82) is 0 Å². The minimum absolute atomic E-state index is 0.0491. The molecule has 8 heteroatoms. The van der Waals surface area contributed by atoms with Crippen LogP contribution in [0.3, 0.4) is 0 Å². The molecule has 0 saturated heterocycles. The van der Waals surface area contributed by atoms with Gasteiger partial charge < -0.3 is 0 Å². The van der Waals surface area contributed by atoms with Crippen LogP contribution < -0.4 is 0 Å². The van der Waals surface area contributed by atoms with Crippen LogP contribution in [0.25, 0.3) is 0 Å². The van der Waals surface area contributed by atoms with E-state index >= 15 is 0 Å². The number of carbonyl (C=O) groups excluding carboxylic acids is 1. The molecule has 0 aliphatic carbocycles. The highest BCUT2D eigenvalue weighted by Gasteiger charge is 2.18. The summed E-state index contributed by atoms with van der Waals surface area (Å²) in [5.41, 5.74) is -0.180. The average molecular weight is 246 g/mol. The molecule has 1 aromatic rings. The Balaban J connectivity index is 3.10. The topological polar surface area (TPSA) is 96.8 Å². The van der Waals surface area contributed by atoms with E-state index in [0.717, 1.165) is 16.6 Å². The van der Waals surface area contributed by atoms with Crippen molar-refractivity contribution in [2.45, 2.75) is 4.90 Å². The first-order valence-electron chi connectivity index (χ1n) is 4.14. The molecule has 0 saturated carbocycles. The molecule has 88 valence electrons. The summed E-state index contributed by atoms with van der Waals surface area (Å²) >= 11 is 0. The second-order valence-corrected chi connectivity index (χ2v) is 5.20. The van der Waals surface area contributed by atoms with Gasteiger partial charge in [-0.05, 0) is 12.1 Å². The van der Waals surface area contributed by atoms with Gasteiger partial charge in [0, 0.05) is 20.3 Å². The Morgan fingerprint density at radius 2 is 2.06 bits per heavy atom. The van der Waals surface area contributed by atoms with E-state index in [4.69, 9.17) is 5.26 Å². The zero-order chi connectivity index (χ0) is 12.3. The van der Waals surface area contributed by atoms with Crippen molar-refractivity contribution in [2.24, 2.45) is 0 Å². The lowest BCUT2D eigenvalue weighted by atomic mass is 10.4. The monoisotopic (exact) mass is 246 g/mol. The average Bonchev–Trinajstić information content (AvgIpc) is 2.28. The largest absolute Gasteiger partial charge is 0.390 e. The lowest BCUT2D eigenvalue weighted by molar-refractivity contribution is -0.183. The molecule has 0 spiro atoms. The van der Waals surface area contributed by atoms with Gasteiger partial charge in [-0.3, -0.25) is 4.89 Å². The lowest BCUT2D eigenvalue weighted by Crippen LogP contribution is -2.22. The molecule has 1 rings (SSSR count). The maximum atomic E-state index is 11.6. The van der Waals surface area contributed by atoms with Crippen molar-refractivity contribution in [3.05, 3.63) is 24.0 Å². The van der Waals surface area contributed by atoms with Gasteiger partial charge in [0.1, 0.15) is 4.90 Å². The van der Waals surface area contributed by atoms with Gasteiger partial charge in [-0.25, -0.2) is 22.5 Å². The Bertz CT molecular complexity index is 480. The van der Waals surface area contributed by atoms with Crippen LogP contribution in [0.2, 0.25) is 0 Å². The Kier molecular flexibility index (Phi) is 3.58. The van der Waals surface area contributed by atoms with E-state index in [0.29, 0.717) is 0 Å². The minimum atomic E-state index is -3.57. The molecule has 16 heavy (non-hydrogen) atoms. The molecule has 0 amide bonds. The Morgan fingerprint density at radius 3 is 2.44 bits per heavy atom. The smallest absolute Gasteiger partial charge is 0.294 e. The van der Waals surface area contributed by atoms with Crippen LogP contribution in [0.1, 0.15) is 10.5 Å². The van der Waals surface area contributed by atoms with Crippen LogP contribution in [0.4, 0.5) is 0 Å². The second-order valence-electron chi connectivity index (χ2n) is 3.05. The van der Waals surface area contributed by atoms with Crippen LogP contribution in [0.15, 0.2) is 23.2 Å². The molecule has 0 radical (unpaired) electrons. The number of hydrogen-bond donors (Lipinski definition) is 1. The zero-order valence-electron chi connectivity index (χ0n) is 8.61. The molecule has 7 nitrogen and oxygen atoms in total. The molecule has 0 aliphatic heterocycles. The molecular formula is C8H10N2O5S. The summed E-state index contributed by atoms with van der Waals surface area (Å²) in [6.45, 7) is 0. The Morgan fingerprint density at radius 1 is 1.44 bits per heavy atom. The molecule has 0 aromatic carbocycles. The highest BCUT2D eigenvalue weighted by molar-refractivity contribution is 7.89. The van der Waals surface area contributed by atoms with E-state index in [1.807, 2.05) is 0 Å². The Labute approximate surface area is 92.3 Å². The van der Waals surface area contributed by atoms with Crippen molar-refractivity contribution in [1.82, 2.24) is 9.29 Å². The first-order valence-corrected chi connectivity index (χ1v) is 5.58. The molecule has 1 N–H and O–H groups in total. The number of pyridine rings is 1. The maximum Gasteiger partial charge on any atom is 0.390 e. The third kappa shape index (κ3) is 2.35. The quantitative estimate of drug-likeness (QED) is 0.593. The maximum absolute atomic E-state index is 11.6. The first kappa shape index (κ1) is 12.6. The third-order valence-corrected chi connectivity index (χ3v) is 3.61. The van der Waals surface area contributed by atoms with Crippen molar-refractivity contribution in [3.63, 3.8) is 0 Å². The summed E-state index contributed by atoms with van der Waals surface area (Å²) in [6.07, 6.45) is 1.02. The number of aromatic nitrogens is 1. The van der Waals surface area contributed by atoms with E-state index in [1.54, 1.807) is 0 Å². The number of rotatable bonds is 3. The van der Waals surface area contributed by atoms with Crippen molar-refractivity contribution in [2.75, 3.05) is 14.1 Å². The van der Waals surface area contributed by atoms with E-state index in [-0.39, 0.29) is 10.6 Å². The molecule has 1 aromatic heterocycles. The summed E-state index contributed by atoms with van der Waals surface area (Å²) in [5.74, 6) is -1.05. The predicted octanol–water partition coefficient (Wildman–Crippen LogP) is -0.0383. The standard InChI is InChI=1S/C8H10N2O5S/c1-10(2)16(13,14)6-3-4-7(9-5-6)8(11)15-12/h3-5,12H,1-2H3. The van der Waals surface area contributed by atoms with E-state index in [9.17, 15) is 13.2 Å². The highest BCUT2D eigenvalue weighted by Crippen LogP contribution is 2.11. The van der Waals surface area contributed by atoms with E-state index < -0.39 is 16.0 Å². The van der Waals surface area contributed by atoms with Gasteiger partial charge >= 0.3 is 5.97 Å². The molecule has 0 fully saturated rings. The van der Waals surface area contributed by atoms with Gasteiger partial charge in [-0.15, -0.1) is 0 Å². The second kappa shape index (κ2) is 4.56. The lowest BCUT2D eigenvalue weighted by Gasteiger charge is -2.10. The summed E-state index contributed by atoms with van der Waals surface area (Å²) in [7, 11) is -0.809. The fourth-order valence-electron chi connectivity index (χ4n) is 0.911. The van der Waals surface area contributed by atoms with Crippen LogP contribution in [-0.2, 0) is 14.9 Å². The fourth-order valence-corrected chi connectivity index (χ4v) is 1.76. The summed E-state index contributed by atoms with van der Waals surface area (Å²) in [5, 5.41) is 8.09. The van der Waals surface area contributed by atoms with E-state index in [1.165, 1.54) is 20.2 Å². The minimum Gasteiger partial charge on any atom is -0.294 e. The summed E-state index contributed by atoms with van der Waals surface area (Å²) in [4.78, 5) is 17.8. The van der Waals surface area contributed by atoms with Gasteiger partial charge in [0.25, 0.3) is 0 Å². The number of sulfonamides is 1. The van der Waals surface area contributed by atoms with Crippen LogP contribution in [0, 0.1) is 0 Å². The molecule has 0 bridgehead atoms. The summed E-state index contributed by atoms with van der Waals surface area (Å²) in [6, 6.07) is 2.35. The molecule has 0 unspecified atom stereocenters. The van der Waals surface area contributed by atoms with Gasteiger partial charge in [0.05, 0.1) is 0 Å². The zero-order valence-corrected chi connectivity index (χ0v) is 9.43. The van der Waals surface area contributed by atoms with Gasteiger partial charge in [0.2, 0.25) is 10.0 Å². The van der Waals surface area contributed by atoms with Gasteiger partial charge in [-0.1, -0.05) is 0 Å². The third-order valence-electron chi connectivity index (χ3n) is 1.81.